The number of halogens is 1. The van der Waals surface area contributed by atoms with Gasteiger partial charge in [-0.1, -0.05) is 15.9 Å². The highest BCUT2D eigenvalue weighted by Gasteiger charge is 2.16. The van der Waals surface area contributed by atoms with Crippen LogP contribution >= 0.6 is 15.9 Å². The molecule has 0 aliphatic heterocycles. The van der Waals surface area contributed by atoms with Crippen molar-refractivity contribution in [2.75, 3.05) is 20.3 Å². The number of benzene rings is 1. The molecular formula is C11H13BrN2O5. The largest absolute Gasteiger partial charge is 0.394 e. The van der Waals surface area contributed by atoms with Crippen molar-refractivity contribution < 1.29 is 19.6 Å². The normalized spacial score (nSPS) is 11.9. The summed E-state index contributed by atoms with van der Waals surface area (Å²) in [6, 6.07) is 3.37. The second kappa shape index (κ2) is 7.17. The number of rotatable bonds is 6. The zero-order chi connectivity index (χ0) is 14.4. The van der Waals surface area contributed by atoms with Crippen LogP contribution in [0.15, 0.2) is 22.7 Å². The fourth-order valence-corrected chi connectivity index (χ4v) is 1.90. The van der Waals surface area contributed by atoms with Gasteiger partial charge in [0.1, 0.15) is 0 Å². The average molecular weight is 333 g/mol. The first-order valence-electron chi connectivity index (χ1n) is 5.33. The number of aliphatic hydroxyl groups excluding tert-OH is 1. The van der Waals surface area contributed by atoms with E-state index in [0.29, 0.717) is 4.47 Å². The summed E-state index contributed by atoms with van der Waals surface area (Å²) in [5, 5.41) is 22.3. The summed E-state index contributed by atoms with van der Waals surface area (Å²) in [5.41, 5.74) is -0.0533. The first-order chi connectivity index (χ1) is 8.97. The van der Waals surface area contributed by atoms with Gasteiger partial charge in [-0.25, -0.2) is 0 Å². The van der Waals surface area contributed by atoms with E-state index in [2.05, 4.69) is 21.2 Å². The van der Waals surface area contributed by atoms with Crippen molar-refractivity contribution >= 4 is 27.5 Å². The molecular weight excluding hydrogens is 320 g/mol. The Hall–Kier alpha value is -1.51. The fourth-order valence-electron chi connectivity index (χ4n) is 1.42. The average Bonchev–Trinajstić information content (AvgIpc) is 2.37. The van der Waals surface area contributed by atoms with Gasteiger partial charge in [0.25, 0.3) is 11.6 Å². The quantitative estimate of drug-likeness (QED) is 0.599. The van der Waals surface area contributed by atoms with Gasteiger partial charge >= 0.3 is 0 Å². The molecule has 1 unspecified atom stereocenters. The fraction of sp³-hybridized carbons (Fsp3) is 0.364. The number of ether oxygens (including phenoxy) is 1. The number of nitro benzene ring substituents is 1. The van der Waals surface area contributed by atoms with E-state index in [1.54, 1.807) is 0 Å². The van der Waals surface area contributed by atoms with Gasteiger partial charge in [-0.05, 0) is 6.07 Å². The molecule has 0 heterocycles. The number of hydrogen-bond donors (Lipinski definition) is 2. The molecule has 1 aromatic carbocycles. The molecule has 1 rings (SSSR count). The van der Waals surface area contributed by atoms with Crippen LogP contribution < -0.4 is 5.32 Å². The molecule has 7 nitrogen and oxygen atoms in total. The van der Waals surface area contributed by atoms with Crippen LogP contribution in [-0.2, 0) is 4.74 Å². The summed E-state index contributed by atoms with van der Waals surface area (Å²) in [7, 11) is 1.44. The van der Waals surface area contributed by atoms with Crippen molar-refractivity contribution in [2.24, 2.45) is 0 Å². The van der Waals surface area contributed by atoms with E-state index in [1.165, 1.54) is 25.3 Å². The predicted molar refractivity (Wildman–Crippen MR) is 71.0 cm³/mol. The molecule has 0 bridgehead atoms. The van der Waals surface area contributed by atoms with Crippen LogP contribution in [0.2, 0.25) is 0 Å². The van der Waals surface area contributed by atoms with E-state index in [-0.39, 0.29) is 24.5 Å². The number of methoxy groups -OCH3 is 1. The Morgan fingerprint density at radius 2 is 2.26 bits per heavy atom. The van der Waals surface area contributed by atoms with Crippen LogP contribution in [0.25, 0.3) is 0 Å². The summed E-state index contributed by atoms with van der Waals surface area (Å²) in [5.74, 6) is -0.513. The first kappa shape index (κ1) is 15.5. The van der Waals surface area contributed by atoms with Gasteiger partial charge in [0.05, 0.1) is 24.2 Å². The number of non-ortho nitro benzene ring substituents is 1. The van der Waals surface area contributed by atoms with Gasteiger partial charge in [-0.3, -0.25) is 14.9 Å². The van der Waals surface area contributed by atoms with Crippen LogP contribution in [0.4, 0.5) is 5.69 Å². The molecule has 2 N–H and O–H groups in total. The molecule has 0 aromatic heterocycles. The molecule has 0 spiro atoms. The minimum atomic E-state index is -0.583. The zero-order valence-electron chi connectivity index (χ0n) is 10.1. The van der Waals surface area contributed by atoms with Gasteiger partial charge in [0.15, 0.2) is 0 Å². The van der Waals surface area contributed by atoms with Gasteiger partial charge in [-0.15, -0.1) is 0 Å². The zero-order valence-corrected chi connectivity index (χ0v) is 11.7. The minimum absolute atomic E-state index is 0.135. The highest BCUT2D eigenvalue weighted by atomic mass is 79.9. The molecule has 1 aromatic rings. The Kier molecular flexibility index (Phi) is 5.87. The van der Waals surface area contributed by atoms with Crippen LogP contribution in [0, 0.1) is 10.1 Å². The second-order valence-corrected chi connectivity index (χ2v) is 4.68. The SMILES string of the molecule is COCC(CO)NC(=O)c1cc(Br)cc([N+](=O)[O-])c1. The summed E-state index contributed by atoms with van der Waals surface area (Å²) < 4.78 is 5.25. The van der Waals surface area contributed by atoms with Crippen molar-refractivity contribution in [3.05, 3.63) is 38.3 Å². The number of nitrogens with zero attached hydrogens (tertiary/aromatic N) is 1. The summed E-state index contributed by atoms with van der Waals surface area (Å²) in [6.45, 7) is -0.131. The smallest absolute Gasteiger partial charge is 0.271 e. The monoisotopic (exact) mass is 332 g/mol. The molecule has 19 heavy (non-hydrogen) atoms. The standard InChI is InChI=1S/C11H13BrN2O5/c1-19-6-9(5-15)13-11(16)7-2-8(12)4-10(3-7)14(17)18/h2-4,9,15H,5-6H2,1H3,(H,13,16). The molecule has 1 atom stereocenters. The number of aliphatic hydroxyl groups is 1. The Morgan fingerprint density at radius 1 is 1.58 bits per heavy atom. The lowest BCUT2D eigenvalue weighted by Crippen LogP contribution is -2.40. The number of carbonyl (C=O) groups is 1. The predicted octanol–water partition coefficient (Wildman–Crippen LogP) is 1.09. The Labute approximate surface area is 117 Å². The molecule has 0 radical (unpaired) electrons. The van der Waals surface area contributed by atoms with Gasteiger partial charge < -0.3 is 15.2 Å². The second-order valence-electron chi connectivity index (χ2n) is 3.76. The van der Waals surface area contributed by atoms with E-state index in [1.807, 2.05) is 0 Å². The first-order valence-corrected chi connectivity index (χ1v) is 6.13. The Balaban J connectivity index is 2.90. The van der Waals surface area contributed by atoms with E-state index in [4.69, 9.17) is 9.84 Å². The minimum Gasteiger partial charge on any atom is -0.394 e. The van der Waals surface area contributed by atoms with Crippen LogP contribution in [0.3, 0.4) is 0 Å². The Bertz CT molecular complexity index is 480. The lowest BCUT2D eigenvalue weighted by Gasteiger charge is -2.15. The molecule has 104 valence electrons. The summed E-state index contributed by atoms with van der Waals surface area (Å²) in [6.07, 6.45) is 0. The third-order valence-corrected chi connectivity index (χ3v) is 2.74. The maximum atomic E-state index is 11.9. The highest BCUT2D eigenvalue weighted by Crippen LogP contribution is 2.21. The molecule has 0 saturated carbocycles. The van der Waals surface area contributed by atoms with Gasteiger partial charge in [-0.2, -0.15) is 0 Å². The van der Waals surface area contributed by atoms with Crippen LogP contribution in [0.1, 0.15) is 10.4 Å². The molecule has 0 aliphatic carbocycles. The lowest BCUT2D eigenvalue weighted by molar-refractivity contribution is -0.385. The van der Waals surface area contributed by atoms with Gasteiger partial charge in [0.2, 0.25) is 0 Å². The van der Waals surface area contributed by atoms with Crippen molar-refractivity contribution in [3.8, 4) is 0 Å². The number of hydrogen-bond acceptors (Lipinski definition) is 5. The van der Waals surface area contributed by atoms with E-state index < -0.39 is 16.9 Å². The lowest BCUT2D eigenvalue weighted by atomic mass is 10.2. The molecule has 0 fully saturated rings. The molecule has 8 heteroatoms. The molecule has 0 aliphatic rings. The van der Waals surface area contributed by atoms with Crippen molar-refractivity contribution in [2.45, 2.75) is 6.04 Å². The van der Waals surface area contributed by atoms with Crippen LogP contribution in [-0.4, -0.2) is 42.3 Å². The van der Waals surface area contributed by atoms with Crippen LogP contribution in [0.5, 0.6) is 0 Å². The van der Waals surface area contributed by atoms with Crippen molar-refractivity contribution in [3.63, 3.8) is 0 Å². The summed E-state index contributed by atoms with van der Waals surface area (Å²) in [4.78, 5) is 22.0. The van der Waals surface area contributed by atoms with E-state index in [0.717, 1.165) is 0 Å². The maximum Gasteiger partial charge on any atom is 0.271 e. The number of carbonyl (C=O) groups excluding carboxylic acids is 1. The van der Waals surface area contributed by atoms with E-state index in [9.17, 15) is 14.9 Å². The Morgan fingerprint density at radius 3 is 2.79 bits per heavy atom. The molecule has 0 saturated heterocycles. The number of nitrogens with one attached hydrogen (secondary N) is 1. The maximum absolute atomic E-state index is 11.9. The van der Waals surface area contributed by atoms with Crippen molar-refractivity contribution in [1.29, 1.82) is 0 Å². The number of nitro groups is 1. The van der Waals surface area contributed by atoms with E-state index >= 15 is 0 Å². The number of amides is 1. The van der Waals surface area contributed by atoms with Crippen molar-refractivity contribution in [1.82, 2.24) is 5.32 Å². The topological polar surface area (TPSA) is 102 Å². The third-order valence-electron chi connectivity index (χ3n) is 2.28. The third kappa shape index (κ3) is 4.58. The van der Waals surface area contributed by atoms with Gasteiger partial charge in [0, 0.05) is 29.3 Å². The highest BCUT2D eigenvalue weighted by molar-refractivity contribution is 9.10. The molecule has 1 amide bonds. The summed E-state index contributed by atoms with van der Waals surface area (Å²) >= 11 is 3.11.